The maximum atomic E-state index is 12.9. The molecule has 122 valence electrons. The largest absolute Gasteiger partial charge is 0.497 e. The second-order valence-corrected chi connectivity index (χ2v) is 7.59. The number of halogens is 1. The molecule has 2 aromatic rings. The summed E-state index contributed by atoms with van der Waals surface area (Å²) in [6.07, 6.45) is 0. The van der Waals surface area contributed by atoms with Crippen LogP contribution in [0.4, 0.5) is 11.4 Å². The fourth-order valence-electron chi connectivity index (χ4n) is 3.13. The molecule has 1 unspecified atom stereocenters. The van der Waals surface area contributed by atoms with Crippen LogP contribution >= 0.6 is 27.7 Å². The van der Waals surface area contributed by atoms with E-state index in [1.54, 1.807) is 36.3 Å². The lowest BCUT2D eigenvalue weighted by atomic mass is 10.0. The van der Waals surface area contributed by atoms with E-state index in [2.05, 4.69) is 21.2 Å². The molecule has 4 rings (SSSR count). The van der Waals surface area contributed by atoms with E-state index in [1.165, 1.54) is 11.8 Å². The highest BCUT2D eigenvalue weighted by atomic mass is 79.9. The Kier molecular flexibility index (Phi) is 3.58. The van der Waals surface area contributed by atoms with Gasteiger partial charge >= 0.3 is 0 Å². The number of nitrogens with zero attached hydrogens (tertiary/aromatic N) is 1. The number of hydrogen-bond acceptors (Lipinski definition) is 4. The van der Waals surface area contributed by atoms with Crippen molar-refractivity contribution < 1.29 is 14.3 Å². The number of carbonyl (C=O) groups excluding carboxylic acids is 2. The van der Waals surface area contributed by atoms with E-state index in [1.807, 2.05) is 18.2 Å². The number of rotatable bonds is 2. The van der Waals surface area contributed by atoms with Crippen LogP contribution in [0.3, 0.4) is 0 Å². The highest BCUT2D eigenvalue weighted by Crippen LogP contribution is 2.54. The van der Waals surface area contributed by atoms with Crippen LogP contribution in [-0.4, -0.2) is 24.7 Å². The summed E-state index contributed by atoms with van der Waals surface area (Å²) < 4.78 is 6.04. The van der Waals surface area contributed by atoms with E-state index in [-0.39, 0.29) is 17.6 Å². The van der Waals surface area contributed by atoms with Gasteiger partial charge in [0.25, 0.3) is 5.91 Å². The van der Waals surface area contributed by atoms with Crippen LogP contribution in [-0.2, 0) is 14.5 Å². The predicted octanol–water partition coefficient (Wildman–Crippen LogP) is 3.34. The number of ether oxygens (including phenoxy) is 1. The fourth-order valence-corrected chi connectivity index (χ4v) is 4.79. The van der Waals surface area contributed by atoms with Gasteiger partial charge in [-0.25, -0.2) is 0 Å². The SMILES string of the molecule is COc1ccc(N2C(=O)CSC23C(=O)Nc2ccc(Br)cc23)cc1. The average molecular weight is 405 g/mol. The maximum absolute atomic E-state index is 12.9. The summed E-state index contributed by atoms with van der Waals surface area (Å²) in [4.78, 5) is 26.0. The van der Waals surface area contributed by atoms with Crippen LogP contribution in [0.25, 0.3) is 0 Å². The van der Waals surface area contributed by atoms with Crippen molar-refractivity contribution >= 4 is 50.9 Å². The molecule has 1 N–H and O–H groups in total. The second-order valence-electron chi connectivity index (χ2n) is 5.50. The monoisotopic (exact) mass is 404 g/mol. The number of nitrogens with one attached hydrogen (secondary N) is 1. The first-order valence-corrected chi connectivity index (χ1v) is 9.06. The van der Waals surface area contributed by atoms with Gasteiger partial charge in [0.2, 0.25) is 10.8 Å². The summed E-state index contributed by atoms with van der Waals surface area (Å²) in [6, 6.07) is 12.8. The summed E-state index contributed by atoms with van der Waals surface area (Å²) in [5.74, 6) is 0.673. The Morgan fingerprint density at radius 3 is 2.67 bits per heavy atom. The molecule has 24 heavy (non-hydrogen) atoms. The van der Waals surface area contributed by atoms with Crippen molar-refractivity contribution in [1.82, 2.24) is 0 Å². The number of hydrogen-bond donors (Lipinski definition) is 1. The minimum atomic E-state index is -1.06. The van der Waals surface area contributed by atoms with Crippen LogP contribution in [0.5, 0.6) is 5.75 Å². The van der Waals surface area contributed by atoms with Crippen molar-refractivity contribution in [2.75, 3.05) is 23.1 Å². The van der Waals surface area contributed by atoms with Crippen LogP contribution in [0.1, 0.15) is 5.56 Å². The molecular formula is C17H13BrN2O3S. The van der Waals surface area contributed by atoms with Gasteiger partial charge in [-0.2, -0.15) is 0 Å². The molecule has 7 heteroatoms. The minimum absolute atomic E-state index is 0.0897. The molecule has 2 heterocycles. The van der Waals surface area contributed by atoms with Gasteiger partial charge in [-0.3, -0.25) is 14.5 Å². The van der Waals surface area contributed by atoms with Gasteiger partial charge < -0.3 is 10.1 Å². The molecule has 2 aliphatic heterocycles. The Morgan fingerprint density at radius 1 is 1.21 bits per heavy atom. The van der Waals surface area contributed by atoms with Crippen LogP contribution in [0.2, 0.25) is 0 Å². The number of amides is 2. The Labute approximate surface area is 151 Å². The highest BCUT2D eigenvalue weighted by Gasteiger charge is 2.58. The first kappa shape index (κ1) is 15.5. The molecule has 0 aliphatic carbocycles. The molecule has 2 aromatic carbocycles. The number of methoxy groups -OCH3 is 1. The zero-order valence-corrected chi connectivity index (χ0v) is 15.1. The van der Waals surface area contributed by atoms with Gasteiger partial charge in [0.05, 0.1) is 12.9 Å². The zero-order valence-electron chi connectivity index (χ0n) is 12.7. The molecular weight excluding hydrogens is 392 g/mol. The smallest absolute Gasteiger partial charge is 0.266 e. The van der Waals surface area contributed by atoms with Gasteiger partial charge in [-0.05, 0) is 42.5 Å². The summed E-state index contributed by atoms with van der Waals surface area (Å²) in [6.45, 7) is 0. The van der Waals surface area contributed by atoms with Crippen molar-refractivity contribution in [3.8, 4) is 5.75 Å². The topological polar surface area (TPSA) is 58.6 Å². The molecule has 1 spiro atoms. The van der Waals surface area contributed by atoms with Crippen LogP contribution in [0, 0.1) is 0 Å². The second kappa shape index (κ2) is 5.53. The Morgan fingerprint density at radius 2 is 1.96 bits per heavy atom. The summed E-state index contributed by atoms with van der Waals surface area (Å²) in [5.41, 5.74) is 2.21. The molecule has 0 saturated carbocycles. The normalized spacial score (nSPS) is 22.0. The highest BCUT2D eigenvalue weighted by molar-refractivity contribution is 9.10. The Bertz CT molecular complexity index is 855. The molecule has 1 saturated heterocycles. The van der Waals surface area contributed by atoms with Gasteiger partial charge in [0.15, 0.2) is 0 Å². The van der Waals surface area contributed by atoms with E-state index in [4.69, 9.17) is 4.74 Å². The van der Waals surface area contributed by atoms with Crippen molar-refractivity contribution in [3.05, 3.63) is 52.5 Å². The number of carbonyl (C=O) groups is 2. The van der Waals surface area contributed by atoms with E-state index in [9.17, 15) is 9.59 Å². The fraction of sp³-hybridized carbons (Fsp3) is 0.176. The first-order chi connectivity index (χ1) is 11.6. The summed E-state index contributed by atoms with van der Waals surface area (Å²) >= 11 is 4.80. The lowest BCUT2D eigenvalue weighted by molar-refractivity contribution is -0.122. The van der Waals surface area contributed by atoms with Crippen molar-refractivity contribution in [3.63, 3.8) is 0 Å². The lowest BCUT2D eigenvalue weighted by Crippen LogP contribution is -2.47. The first-order valence-electron chi connectivity index (χ1n) is 7.29. The van der Waals surface area contributed by atoms with Gasteiger partial charge in [0.1, 0.15) is 5.75 Å². The molecule has 1 atom stereocenters. The van der Waals surface area contributed by atoms with Gasteiger partial charge in [0, 0.05) is 21.4 Å². The number of anilines is 2. The third kappa shape index (κ3) is 2.08. The molecule has 2 aliphatic rings. The third-order valence-corrected chi connectivity index (χ3v) is 6.09. The van der Waals surface area contributed by atoms with Crippen molar-refractivity contribution in [2.45, 2.75) is 4.87 Å². The van der Waals surface area contributed by atoms with Gasteiger partial charge in [-0.15, -0.1) is 11.8 Å². The Hall–Kier alpha value is -1.99. The van der Waals surface area contributed by atoms with E-state index in [0.717, 1.165) is 15.7 Å². The molecule has 0 bridgehead atoms. The summed E-state index contributed by atoms with van der Waals surface area (Å²) in [7, 11) is 1.59. The number of thioether (sulfide) groups is 1. The molecule has 1 fully saturated rings. The zero-order chi connectivity index (χ0) is 16.9. The van der Waals surface area contributed by atoms with Crippen LogP contribution < -0.4 is 15.0 Å². The molecule has 0 aromatic heterocycles. The molecule has 5 nitrogen and oxygen atoms in total. The minimum Gasteiger partial charge on any atom is -0.497 e. The van der Waals surface area contributed by atoms with Crippen molar-refractivity contribution in [2.24, 2.45) is 0 Å². The average Bonchev–Trinajstić information content (AvgIpc) is 3.07. The number of fused-ring (bicyclic) bond motifs is 2. The van der Waals surface area contributed by atoms with Crippen molar-refractivity contribution in [1.29, 1.82) is 0 Å². The maximum Gasteiger partial charge on any atom is 0.266 e. The van der Waals surface area contributed by atoms with E-state index in [0.29, 0.717) is 11.4 Å². The molecule has 0 radical (unpaired) electrons. The standard InChI is InChI=1S/C17H13BrN2O3S/c1-23-12-5-3-11(4-6-12)20-15(21)9-24-17(20)13-8-10(18)2-7-14(13)19-16(17)22/h2-8H,9H2,1H3,(H,19,22). The van der Waals surface area contributed by atoms with E-state index < -0.39 is 4.87 Å². The summed E-state index contributed by atoms with van der Waals surface area (Å²) in [5, 5.41) is 2.90. The number of benzene rings is 2. The molecule has 2 amide bonds. The van der Waals surface area contributed by atoms with E-state index >= 15 is 0 Å². The lowest BCUT2D eigenvalue weighted by Gasteiger charge is -2.32. The third-order valence-electron chi connectivity index (χ3n) is 4.20. The predicted molar refractivity (Wildman–Crippen MR) is 97.4 cm³/mol. The van der Waals surface area contributed by atoms with Gasteiger partial charge in [-0.1, -0.05) is 15.9 Å². The van der Waals surface area contributed by atoms with Crippen LogP contribution in [0.15, 0.2) is 46.9 Å². The quantitative estimate of drug-likeness (QED) is 0.833. The Balaban J connectivity index is 1.88.